The van der Waals surface area contributed by atoms with E-state index in [9.17, 15) is 4.79 Å². The van der Waals surface area contributed by atoms with Gasteiger partial charge in [0, 0.05) is 6.04 Å². The van der Waals surface area contributed by atoms with Crippen LogP contribution in [-0.4, -0.2) is 18.6 Å². The predicted molar refractivity (Wildman–Crippen MR) is 77.7 cm³/mol. The monoisotopic (exact) mass is 261 g/mol. The van der Waals surface area contributed by atoms with Gasteiger partial charge in [-0.15, -0.1) is 6.58 Å². The van der Waals surface area contributed by atoms with Crippen LogP contribution in [-0.2, 0) is 16.0 Å². The Morgan fingerprint density at radius 1 is 1.32 bits per heavy atom. The van der Waals surface area contributed by atoms with Gasteiger partial charge in [0.05, 0.1) is 6.42 Å². The summed E-state index contributed by atoms with van der Waals surface area (Å²) in [5, 5.41) is 0. The Balaban J connectivity index is 2.14. The summed E-state index contributed by atoms with van der Waals surface area (Å²) in [6.45, 7) is 3.98. The van der Waals surface area contributed by atoms with Gasteiger partial charge in [0.1, 0.15) is 6.61 Å². The molecule has 1 rings (SSSR count). The van der Waals surface area contributed by atoms with E-state index in [1.807, 2.05) is 36.4 Å². The molecule has 1 aromatic rings. The molecule has 104 valence electrons. The van der Waals surface area contributed by atoms with E-state index >= 15 is 0 Å². The Bertz CT molecular complexity index is 376. The molecule has 0 spiro atoms. The summed E-state index contributed by atoms with van der Waals surface area (Å²) in [5.74, 6) is -0.215. The molecule has 0 heterocycles. The zero-order valence-electron chi connectivity index (χ0n) is 11.4. The van der Waals surface area contributed by atoms with Gasteiger partial charge in [-0.05, 0) is 24.8 Å². The van der Waals surface area contributed by atoms with Crippen LogP contribution in [0.3, 0.4) is 0 Å². The highest BCUT2D eigenvalue weighted by atomic mass is 16.5. The van der Waals surface area contributed by atoms with Gasteiger partial charge in [-0.25, -0.2) is 0 Å². The number of ether oxygens (including phenoxy) is 1. The zero-order chi connectivity index (χ0) is 13.9. The summed E-state index contributed by atoms with van der Waals surface area (Å²) >= 11 is 0. The van der Waals surface area contributed by atoms with Crippen molar-refractivity contribution in [2.75, 3.05) is 6.61 Å². The van der Waals surface area contributed by atoms with Crippen molar-refractivity contribution < 1.29 is 9.53 Å². The molecule has 0 fully saturated rings. The van der Waals surface area contributed by atoms with Crippen LogP contribution in [0.2, 0.25) is 0 Å². The summed E-state index contributed by atoms with van der Waals surface area (Å²) < 4.78 is 5.18. The lowest BCUT2D eigenvalue weighted by Crippen LogP contribution is -2.28. The van der Waals surface area contributed by atoms with Gasteiger partial charge in [-0.1, -0.05) is 42.8 Å². The molecular weight excluding hydrogens is 238 g/mol. The van der Waals surface area contributed by atoms with Crippen molar-refractivity contribution in [1.29, 1.82) is 0 Å². The van der Waals surface area contributed by atoms with Crippen molar-refractivity contribution in [2.24, 2.45) is 5.73 Å². The van der Waals surface area contributed by atoms with Gasteiger partial charge in [-0.2, -0.15) is 0 Å². The van der Waals surface area contributed by atoms with Gasteiger partial charge >= 0.3 is 5.97 Å². The third kappa shape index (κ3) is 7.42. The molecule has 1 unspecified atom stereocenters. The normalized spacial score (nSPS) is 11.8. The summed E-state index contributed by atoms with van der Waals surface area (Å²) in [4.78, 5) is 11.6. The van der Waals surface area contributed by atoms with E-state index < -0.39 is 0 Å². The highest BCUT2D eigenvalue weighted by molar-refractivity contribution is 5.72. The first-order chi connectivity index (χ1) is 9.22. The van der Waals surface area contributed by atoms with Crippen molar-refractivity contribution >= 4 is 5.97 Å². The van der Waals surface area contributed by atoms with Crippen LogP contribution in [0.25, 0.3) is 0 Å². The van der Waals surface area contributed by atoms with Gasteiger partial charge in [0.2, 0.25) is 0 Å². The van der Waals surface area contributed by atoms with Gasteiger partial charge in [0.25, 0.3) is 0 Å². The van der Waals surface area contributed by atoms with Crippen molar-refractivity contribution in [3.8, 4) is 0 Å². The van der Waals surface area contributed by atoms with Gasteiger partial charge < -0.3 is 10.5 Å². The molecule has 1 atom stereocenters. The maximum Gasteiger partial charge on any atom is 0.310 e. The molecule has 0 aliphatic carbocycles. The minimum atomic E-state index is -0.215. The van der Waals surface area contributed by atoms with Crippen molar-refractivity contribution in [2.45, 2.75) is 38.1 Å². The lowest BCUT2D eigenvalue weighted by Gasteiger charge is -2.11. The Morgan fingerprint density at radius 2 is 2.05 bits per heavy atom. The second-order valence-electron chi connectivity index (χ2n) is 4.68. The average molecular weight is 261 g/mol. The van der Waals surface area contributed by atoms with Gasteiger partial charge in [-0.3, -0.25) is 4.79 Å². The fourth-order valence-electron chi connectivity index (χ4n) is 1.79. The lowest BCUT2D eigenvalue weighted by atomic mass is 10.1. The zero-order valence-corrected chi connectivity index (χ0v) is 11.4. The minimum Gasteiger partial charge on any atom is -0.464 e. The summed E-state index contributed by atoms with van der Waals surface area (Å²) in [6.07, 6.45) is 6.25. The maximum absolute atomic E-state index is 11.6. The molecule has 0 aliphatic rings. The Labute approximate surface area is 115 Å². The Morgan fingerprint density at radius 3 is 2.74 bits per heavy atom. The lowest BCUT2D eigenvalue weighted by molar-refractivity contribution is -0.143. The highest BCUT2D eigenvalue weighted by Crippen LogP contribution is 2.04. The number of carbonyl (C=O) groups excluding carboxylic acids is 1. The number of unbranched alkanes of at least 4 members (excludes halogenated alkanes) is 2. The SMILES string of the molecule is C=CCCCCC(N)COC(=O)Cc1ccccc1. The van der Waals surface area contributed by atoms with Crippen LogP contribution in [0.1, 0.15) is 31.2 Å². The quantitative estimate of drug-likeness (QED) is 0.422. The van der Waals surface area contributed by atoms with E-state index in [0.29, 0.717) is 13.0 Å². The van der Waals surface area contributed by atoms with Gasteiger partial charge in [0.15, 0.2) is 0 Å². The van der Waals surface area contributed by atoms with Crippen LogP contribution < -0.4 is 5.73 Å². The standard InChI is InChI=1S/C16H23NO2/c1-2-3-4-8-11-15(17)13-19-16(18)12-14-9-6-5-7-10-14/h2,5-7,9-10,15H,1,3-4,8,11-13,17H2. The molecular formula is C16H23NO2. The molecule has 0 aromatic heterocycles. The number of hydrogen-bond donors (Lipinski definition) is 1. The smallest absolute Gasteiger partial charge is 0.310 e. The third-order valence-electron chi connectivity index (χ3n) is 2.88. The van der Waals surface area contributed by atoms with E-state index in [2.05, 4.69) is 6.58 Å². The number of rotatable bonds is 9. The van der Waals surface area contributed by atoms with Crippen LogP contribution in [0, 0.1) is 0 Å². The maximum atomic E-state index is 11.6. The molecule has 1 aromatic carbocycles. The van der Waals surface area contributed by atoms with Crippen LogP contribution in [0.5, 0.6) is 0 Å². The van der Waals surface area contributed by atoms with Crippen molar-refractivity contribution in [1.82, 2.24) is 0 Å². The van der Waals surface area contributed by atoms with Crippen molar-refractivity contribution in [3.63, 3.8) is 0 Å². The van der Waals surface area contributed by atoms with E-state index in [0.717, 1.165) is 31.2 Å². The first-order valence-electron chi connectivity index (χ1n) is 6.78. The first kappa shape index (κ1) is 15.4. The molecule has 3 heteroatoms. The number of allylic oxidation sites excluding steroid dienone is 1. The molecule has 19 heavy (non-hydrogen) atoms. The second-order valence-corrected chi connectivity index (χ2v) is 4.68. The molecule has 0 radical (unpaired) electrons. The van der Waals surface area contributed by atoms with E-state index in [-0.39, 0.29) is 12.0 Å². The molecule has 2 N–H and O–H groups in total. The van der Waals surface area contributed by atoms with E-state index in [4.69, 9.17) is 10.5 Å². The second kappa shape index (κ2) is 9.34. The molecule has 0 bridgehead atoms. The van der Waals surface area contributed by atoms with Crippen LogP contribution in [0.4, 0.5) is 0 Å². The fraction of sp³-hybridized carbons (Fsp3) is 0.438. The first-order valence-corrected chi connectivity index (χ1v) is 6.78. The summed E-state index contributed by atoms with van der Waals surface area (Å²) in [5.41, 5.74) is 6.86. The summed E-state index contributed by atoms with van der Waals surface area (Å²) in [6, 6.07) is 9.51. The van der Waals surface area contributed by atoms with E-state index in [1.54, 1.807) is 0 Å². The van der Waals surface area contributed by atoms with Crippen molar-refractivity contribution in [3.05, 3.63) is 48.6 Å². The number of benzene rings is 1. The third-order valence-corrected chi connectivity index (χ3v) is 2.88. The number of esters is 1. The molecule has 0 amide bonds. The molecule has 0 saturated carbocycles. The van der Waals surface area contributed by atoms with E-state index in [1.165, 1.54) is 0 Å². The average Bonchev–Trinajstić information content (AvgIpc) is 2.42. The predicted octanol–water partition coefficient (Wildman–Crippen LogP) is 2.85. The topological polar surface area (TPSA) is 52.3 Å². The summed E-state index contributed by atoms with van der Waals surface area (Å²) in [7, 11) is 0. The number of nitrogens with two attached hydrogens (primary N) is 1. The largest absolute Gasteiger partial charge is 0.464 e. The number of hydrogen-bond acceptors (Lipinski definition) is 3. The fourth-order valence-corrected chi connectivity index (χ4v) is 1.79. The Hall–Kier alpha value is -1.61. The molecule has 0 saturated heterocycles. The molecule has 0 aliphatic heterocycles. The Kier molecular flexibility index (Phi) is 7.59. The molecule has 3 nitrogen and oxygen atoms in total. The minimum absolute atomic E-state index is 0.0652. The highest BCUT2D eigenvalue weighted by Gasteiger charge is 2.08. The van der Waals surface area contributed by atoms with Crippen LogP contribution >= 0.6 is 0 Å². The van der Waals surface area contributed by atoms with Crippen LogP contribution in [0.15, 0.2) is 43.0 Å². The number of carbonyl (C=O) groups is 1.